The molecule has 0 bridgehead atoms. The Kier molecular flexibility index (Phi) is 10.6. The average Bonchev–Trinajstić information content (AvgIpc) is 2.73. The summed E-state index contributed by atoms with van der Waals surface area (Å²) in [5.74, 6) is 1.12. The smallest absolute Gasteiger partial charge is 0.269 e. The molecule has 0 saturated heterocycles. The molecule has 1 amide bonds. The number of ether oxygens (including phenoxy) is 1. The Balaban J connectivity index is 0.00000450. The van der Waals surface area contributed by atoms with E-state index in [2.05, 4.69) is 15.6 Å². The quantitative estimate of drug-likeness (QED) is 0.180. The van der Waals surface area contributed by atoms with E-state index in [1.165, 1.54) is 17.0 Å². The van der Waals surface area contributed by atoms with Crippen molar-refractivity contribution in [3.05, 3.63) is 69.8 Å². The van der Waals surface area contributed by atoms with Gasteiger partial charge in [0.15, 0.2) is 5.96 Å². The topological polar surface area (TPSA) is 109 Å². The van der Waals surface area contributed by atoms with Crippen LogP contribution in [0.1, 0.15) is 11.1 Å². The maximum atomic E-state index is 11.9. The molecule has 0 fully saturated rings. The number of carbonyl (C=O) groups excluding carboxylic acids is 1. The molecule has 10 heteroatoms. The number of nitrogens with zero attached hydrogens (tertiary/aromatic N) is 3. The van der Waals surface area contributed by atoms with Crippen LogP contribution in [0.15, 0.2) is 53.5 Å². The first kappa shape index (κ1) is 25.1. The third-order valence-electron chi connectivity index (χ3n) is 4.07. The Hall–Kier alpha value is -2.89. The second kappa shape index (κ2) is 12.6. The molecular formula is C20H26IN5O4. The molecule has 0 heterocycles. The van der Waals surface area contributed by atoms with Gasteiger partial charge in [-0.05, 0) is 23.3 Å². The Morgan fingerprint density at radius 3 is 2.43 bits per heavy atom. The molecule has 0 unspecified atom stereocenters. The minimum atomic E-state index is -0.438. The van der Waals surface area contributed by atoms with Crippen LogP contribution in [0, 0.1) is 10.1 Å². The molecule has 0 radical (unpaired) electrons. The predicted octanol–water partition coefficient (Wildman–Crippen LogP) is 2.55. The second-order valence-corrected chi connectivity index (χ2v) is 6.44. The van der Waals surface area contributed by atoms with Gasteiger partial charge in [-0.1, -0.05) is 24.3 Å². The summed E-state index contributed by atoms with van der Waals surface area (Å²) in [5, 5.41) is 16.9. The first-order valence-electron chi connectivity index (χ1n) is 8.97. The van der Waals surface area contributed by atoms with Crippen LogP contribution in [0.25, 0.3) is 0 Å². The largest absolute Gasteiger partial charge is 0.497 e. The van der Waals surface area contributed by atoms with Gasteiger partial charge in [-0.15, -0.1) is 24.0 Å². The molecule has 0 saturated carbocycles. The highest BCUT2D eigenvalue weighted by Crippen LogP contribution is 2.13. The lowest BCUT2D eigenvalue weighted by Crippen LogP contribution is -2.42. The number of hydrogen-bond donors (Lipinski definition) is 2. The molecule has 0 aromatic heterocycles. The summed E-state index contributed by atoms with van der Waals surface area (Å²) in [6.45, 7) is 0.887. The van der Waals surface area contributed by atoms with Gasteiger partial charge in [0.05, 0.1) is 25.1 Å². The number of nitrogens with one attached hydrogen (secondary N) is 2. The number of rotatable bonds is 8. The van der Waals surface area contributed by atoms with E-state index >= 15 is 0 Å². The first-order valence-corrected chi connectivity index (χ1v) is 8.97. The van der Waals surface area contributed by atoms with Gasteiger partial charge < -0.3 is 20.3 Å². The first-order chi connectivity index (χ1) is 13.9. The monoisotopic (exact) mass is 527 g/mol. The Labute approximate surface area is 192 Å². The van der Waals surface area contributed by atoms with Crippen molar-refractivity contribution in [2.24, 2.45) is 4.99 Å². The summed E-state index contributed by atoms with van der Waals surface area (Å²) in [5.41, 5.74) is 1.85. The lowest BCUT2D eigenvalue weighted by Gasteiger charge is -2.15. The number of likely N-dealkylation sites (N-methyl/N-ethyl adjacent to an activating group) is 1. The number of amides is 1. The van der Waals surface area contributed by atoms with Gasteiger partial charge in [0.25, 0.3) is 5.69 Å². The van der Waals surface area contributed by atoms with Crippen molar-refractivity contribution >= 4 is 41.5 Å². The zero-order chi connectivity index (χ0) is 21.2. The third kappa shape index (κ3) is 8.23. The summed E-state index contributed by atoms with van der Waals surface area (Å²) in [4.78, 5) is 28.2. The Morgan fingerprint density at radius 2 is 1.83 bits per heavy atom. The number of nitro groups is 1. The van der Waals surface area contributed by atoms with Crippen molar-refractivity contribution in [3.63, 3.8) is 0 Å². The van der Waals surface area contributed by atoms with Crippen molar-refractivity contribution in [1.82, 2.24) is 15.5 Å². The van der Waals surface area contributed by atoms with Gasteiger partial charge in [0.2, 0.25) is 5.91 Å². The molecule has 0 spiro atoms. The number of methoxy groups -OCH3 is 1. The van der Waals surface area contributed by atoms with E-state index in [9.17, 15) is 14.9 Å². The normalized spacial score (nSPS) is 10.6. The fourth-order valence-electron chi connectivity index (χ4n) is 2.35. The second-order valence-electron chi connectivity index (χ2n) is 6.44. The predicted molar refractivity (Wildman–Crippen MR) is 126 cm³/mol. The van der Waals surface area contributed by atoms with Crippen molar-refractivity contribution in [2.75, 3.05) is 27.7 Å². The molecule has 2 aromatic rings. The van der Waals surface area contributed by atoms with E-state index in [1.54, 1.807) is 33.3 Å². The van der Waals surface area contributed by atoms with E-state index in [0.717, 1.165) is 16.9 Å². The van der Waals surface area contributed by atoms with Gasteiger partial charge >= 0.3 is 0 Å². The molecule has 9 nitrogen and oxygen atoms in total. The highest BCUT2D eigenvalue weighted by Gasteiger charge is 2.08. The fraction of sp³-hybridized carbons (Fsp3) is 0.300. The van der Waals surface area contributed by atoms with E-state index in [1.807, 2.05) is 24.3 Å². The molecule has 2 rings (SSSR count). The zero-order valence-electron chi connectivity index (χ0n) is 17.1. The summed E-state index contributed by atoms with van der Waals surface area (Å²) < 4.78 is 5.22. The summed E-state index contributed by atoms with van der Waals surface area (Å²) >= 11 is 0. The van der Waals surface area contributed by atoms with Crippen molar-refractivity contribution in [3.8, 4) is 5.75 Å². The van der Waals surface area contributed by atoms with Crippen molar-refractivity contribution < 1.29 is 14.5 Å². The van der Waals surface area contributed by atoms with Gasteiger partial charge in [-0.2, -0.15) is 0 Å². The van der Waals surface area contributed by atoms with E-state index in [0.29, 0.717) is 19.0 Å². The van der Waals surface area contributed by atoms with E-state index < -0.39 is 4.92 Å². The van der Waals surface area contributed by atoms with E-state index in [4.69, 9.17) is 4.74 Å². The molecule has 0 aliphatic rings. The van der Waals surface area contributed by atoms with Gasteiger partial charge in [0.1, 0.15) is 5.75 Å². The third-order valence-corrected chi connectivity index (χ3v) is 4.07. The maximum Gasteiger partial charge on any atom is 0.269 e. The highest BCUT2D eigenvalue weighted by atomic mass is 127. The lowest BCUT2D eigenvalue weighted by molar-refractivity contribution is -0.384. The molecule has 0 atom stereocenters. The highest BCUT2D eigenvalue weighted by molar-refractivity contribution is 14.0. The van der Waals surface area contributed by atoms with Crippen LogP contribution in [0.2, 0.25) is 0 Å². The van der Waals surface area contributed by atoms with Crippen LogP contribution in [0.4, 0.5) is 5.69 Å². The molecule has 2 aromatic carbocycles. The number of guanidine groups is 1. The van der Waals surface area contributed by atoms with Crippen LogP contribution in [0.3, 0.4) is 0 Å². The van der Waals surface area contributed by atoms with Crippen LogP contribution >= 0.6 is 24.0 Å². The van der Waals surface area contributed by atoms with Gasteiger partial charge in [-0.25, -0.2) is 4.99 Å². The van der Waals surface area contributed by atoms with Gasteiger partial charge in [-0.3, -0.25) is 14.9 Å². The van der Waals surface area contributed by atoms with Crippen molar-refractivity contribution in [1.29, 1.82) is 0 Å². The molecule has 2 N–H and O–H groups in total. The molecule has 0 aliphatic carbocycles. The SMILES string of the molecule is COc1cccc(CN=C(NCC(=O)N(C)C)NCc2ccc([N+](=O)[O-])cc2)c1.I. The number of nitro benzene ring substituents is 1. The molecular weight excluding hydrogens is 501 g/mol. The average molecular weight is 527 g/mol. The standard InChI is InChI=1S/C20H25N5O4.HI/c1-24(2)19(26)14-23-20(22-13-16-5-4-6-18(11-16)29-3)21-12-15-7-9-17(10-8-15)25(27)28;/h4-11H,12-14H2,1-3H3,(H2,21,22,23);1H. The minimum Gasteiger partial charge on any atom is -0.497 e. The molecule has 30 heavy (non-hydrogen) atoms. The summed E-state index contributed by atoms with van der Waals surface area (Å²) in [7, 11) is 4.97. The maximum absolute atomic E-state index is 11.9. The summed E-state index contributed by atoms with van der Waals surface area (Å²) in [6.07, 6.45) is 0. The number of non-ortho nitro benzene ring substituents is 1. The van der Waals surface area contributed by atoms with Crippen LogP contribution in [-0.4, -0.2) is 49.4 Å². The number of hydrogen-bond acceptors (Lipinski definition) is 5. The Bertz CT molecular complexity index is 872. The van der Waals surface area contributed by atoms with Crippen LogP contribution < -0.4 is 15.4 Å². The summed E-state index contributed by atoms with van der Waals surface area (Å²) in [6, 6.07) is 13.8. The lowest BCUT2D eigenvalue weighted by atomic mass is 10.2. The number of aliphatic imine (C=N–C) groups is 1. The van der Waals surface area contributed by atoms with Gasteiger partial charge in [0, 0.05) is 32.8 Å². The van der Waals surface area contributed by atoms with E-state index in [-0.39, 0.29) is 42.1 Å². The number of carbonyl (C=O) groups is 1. The fourth-order valence-corrected chi connectivity index (χ4v) is 2.35. The van der Waals surface area contributed by atoms with Crippen LogP contribution in [-0.2, 0) is 17.9 Å². The number of halogens is 1. The minimum absolute atomic E-state index is 0. The van der Waals surface area contributed by atoms with Crippen molar-refractivity contribution in [2.45, 2.75) is 13.1 Å². The van der Waals surface area contributed by atoms with Crippen LogP contribution in [0.5, 0.6) is 5.75 Å². The number of benzene rings is 2. The Morgan fingerprint density at radius 1 is 1.13 bits per heavy atom. The molecule has 162 valence electrons. The zero-order valence-corrected chi connectivity index (χ0v) is 19.5. The molecule has 0 aliphatic heterocycles.